The number of carbonyl (C=O) groups is 1. The van der Waals surface area contributed by atoms with Crippen molar-refractivity contribution in [3.8, 4) is 5.88 Å². The van der Waals surface area contributed by atoms with Gasteiger partial charge in [-0.3, -0.25) is 4.79 Å². The van der Waals surface area contributed by atoms with Crippen LogP contribution in [0.4, 0.5) is 5.82 Å². The molecule has 2 aliphatic rings. The number of nitrogens with zero attached hydrogens (tertiary/aromatic N) is 5. The number of anilines is 1. The molecule has 2 aliphatic heterocycles. The fourth-order valence-corrected chi connectivity index (χ4v) is 3.77. The average molecular weight is 373 g/mol. The number of hydrogen-bond donors (Lipinski definition) is 0. The quantitative estimate of drug-likeness (QED) is 0.778. The molecule has 9 heteroatoms. The summed E-state index contributed by atoms with van der Waals surface area (Å²) in [5.74, 6) is 1.83. The van der Waals surface area contributed by atoms with E-state index in [-0.39, 0.29) is 12.3 Å². The fraction of sp³-hybridized carbons (Fsp3) is 0.556. The minimum atomic E-state index is -0.395. The Morgan fingerprint density at radius 1 is 1.30 bits per heavy atom. The van der Waals surface area contributed by atoms with E-state index in [4.69, 9.17) is 14.0 Å². The van der Waals surface area contributed by atoms with E-state index in [0.717, 1.165) is 12.1 Å². The summed E-state index contributed by atoms with van der Waals surface area (Å²) in [5, 5.41) is 3.84. The minimum Gasteiger partial charge on any atom is -0.478 e. The lowest BCUT2D eigenvalue weighted by molar-refractivity contribution is -0.131. The highest BCUT2D eigenvalue weighted by molar-refractivity contribution is 5.78. The Hall–Kier alpha value is -2.68. The van der Waals surface area contributed by atoms with Crippen LogP contribution in [-0.4, -0.2) is 71.4 Å². The van der Waals surface area contributed by atoms with Crippen LogP contribution in [0.25, 0.3) is 0 Å². The lowest BCUT2D eigenvalue weighted by atomic mass is 10.0. The number of likely N-dealkylation sites (tertiary alicyclic amines) is 1. The zero-order chi connectivity index (χ0) is 18.9. The molecule has 27 heavy (non-hydrogen) atoms. The van der Waals surface area contributed by atoms with Crippen LogP contribution in [-0.2, 0) is 16.0 Å². The van der Waals surface area contributed by atoms with Crippen molar-refractivity contribution in [1.29, 1.82) is 0 Å². The molecular weight excluding hydrogens is 350 g/mol. The molecule has 1 unspecified atom stereocenters. The van der Waals surface area contributed by atoms with Crippen LogP contribution in [0.2, 0.25) is 0 Å². The highest BCUT2D eigenvalue weighted by atomic mass is 16.5. The first-order valence-corrected chi connectivity index (χ1v) is 9.02. The summed E-state index contributed by atoms with van der Waals surface area (Å²) in [7, 11) is 1.59. The summed E-state index contributed by atoms with van der Waals surface area (Å²) >= 11 is 0. The lowest BCUT2D eigenvalue weighted by Crippen LogP contribution is -2.54. The van der Waals surface area contributed by atoms with Crippen molar-refractivity contribution in [2.24, 2.45) is 0 Å². The number of ether oxygens (including phenoxy) is 2. The predicted octanol–water partition coefficient (Wildman–Crippen LogP) is 0.832. The summed E-state index contributed by atoms with van der Waals surface area (Å²) in [5.41, 5.74) is 0.383. The van der Waals surface area contributed by atoms with E-state index < -0.39 is 5.60 Å². The molecule has 0 bridgehead atoms. The van der Waals surface area contributed by atoms with Crippen molar-refractivity contribution in [2.75, 3.05) is 44.8 Å². The van der Waals surface area contributed by atoms with Crippen molar-refractivity contribution in [1.82, 2.24) is 20.0 Å². The summed E-state index contributed by atoms with van der Waals surface area (Å²) < 4.78 is 16.6. The number of morpholine rings is 1. The van der Waals surface area contributed by atoms with Crippen LogP contribution in [0, 0.1) is 6.92 Å². The summed E-state index contributed by atoms with van der Waals surface area (Å²) in [4.78, 5) is 25.3. The van der Waals surface area contributed by atoms with Gasteiger partial charge in [0.05, 0.1) is 38.9 Å². The number of aryl methyl sites for hydroxylation is 1. The van der Waals surface area contributed by atoms with Gasteiger partial charge in [-0.25, -0.2) is 9.97 Å². The lowest BCUT2D eigenvalue weighted by Gasteiger charge is -2.40. The minimum absolute atomic E-state index is 0.0285. The van der Waals surface area contributed by atoms with E-state index in [2.05, 4.69) is 20.0 Å². The Morgan fingerprint density at radius 3 is 2.93 bits per heavy atom. The number of carbonyl (C=O) groups excluding carboxylic acids is 1. The second-order valence-corrected chi connectivity index (χ2v) is 7.02. The van der Waals surface area contributed by atoms with Crippen LogP contribution in [0.3, 0.4) is 0 Å². The highest BCUT2D eigenvalue weighted by Crippen LogP contribution is 2.33. The van der Waals surface area contributed by atoms with Gasteiger partial charge >= 0.3 is 0 Å². The molecule has 1 atom stereocenters. The van der Waals surface area contributed by atoms with E-state index >= 15 is 0 Å². The standard InChI is InChI=1S/C18H23N5O4/c1-13-9-14(27-21-13)10-15(24)22-6-3-18(11-22)12-23(7-8-26-18)16-17(25-2)20-5-4-19-16/h4-5,9H,3,6-8,10-12H2,1-2H3. The average Bonchev–Trinajstić information content (AvgIpc) is 3.28. The Balaban J connectivity index is 1.44. The summed E-state index contributed by atoms with van der Waals surface area (Å²) in [6.07, 6.45) is 4.27. The molecule has 144 valence electrons. The van der Waals surface area contributed by atoms with Crippen molar-refractivity contribution in [3.05, 3.63) is 29.9 Å². The first kappa shape index (κ1) is 17.7. The zero-order valence-corrected chi connectivity index (χ0v) is 15.6. The van der Waals surface area contributed by atoms with Crippen molar-refractivity contribution in [2.45, 2.75) is 25.4 Å². The van der Waals surface area contributed by atoms with Gasteiger partial charge in [0.25, 0.3) is 5.88 Å². The molecule has 2 saturated heterocycles. The van der Waals surface area contributed by atoms with Gasteiger partial charge in [0.2, 0.25) is 5.91 Å². The van der Waals surface area contributed by atoms with Crippen LogP contribution < -0.4 is 9.64 Å². The van der Waals surface area contributed by atoms with E-state index in [9.17, 15) is 4.79 Å². The summed E-state index contributed by atoms with van der Waals surface area (Å²) in [6, 6.07) is 1.79. The predicted molar refractivity (Wildman–Crippen MR) is 95.6 cm³/mol. The number of aromatic nitrogens is 3. The monoisotopic (exact) mass is 373 g/mol. The normalized spacial score (nSPS) is 22.4. The molecule has 9 nitrogen and oxygen atoms in total. The maximum absolute atomic E-state index is 12.6. The summed E-state index contributed by atoms with van der Waals surface area (Å²) in [6.45, 7) is 4.99. The van der Waals surface area contributed by atoms with Gasteiger partial charge in [-0.2, -0.15) is 0 Å². The van der Waals surface area contributed by atoms with Crippen molar-refractivity contribution < 1.29 is 18.8 Å². The van der Waals surface area contributed by atoms with Crippen LogP contribution in [0.5, 0.6) is 5.88 Å². The molecule has 4 rings (SSSR count). The third kappa shape index (κ3) is 3.59. The third-order valence-corrected chi connectivity index (χ3v) is 5.06. The van der Waals surface area contributed by atoms with Gasteiger partial charge in [-0.05, 0) is 13.3 Å². The molecule has 0 aliphatic carbocycles. The third-order valence-electron chi connectivity index (χ3n) is 5.06. The number of amides is 1. The molecular formula is C18H23N5O4. The maximum Gasteiger partial charge on any atom is 0.257 e. The molecule has 2 aromatic heterocycles. The van der Waals surface area contributed by atoms with Gasteiger partial charge in [0.15, 0.2) is 5.82 Å². The first-order chi connectivity index (χ1) is 13.1. The number of rotatable bonds is 4. The van der Waals surface area contributed by atoms with Crippen LogP contribution >= 0.6 is 0 Å². The van der Waals surface area contributed by atoms with Gasteiger partial charge in [0.1, 0.15) is 11.4 Å². The van der Waals surface area contributed by atoms with E-state index in [1.54, 1.807) is 25.6 Å². The van der Waals surface area contributed by atoms with Gasteiger partial charge in [-0.15, -0.1) is 0 Å². The number of hydrogen-bond acceptors (Lipinski definition) is 8. The Kier molecular flexibility index (Phi) is 4.69. The molecule has 0 aromatic carbocycles. The molecule has 1 amide bonds. The van der Waals surface area contributed by atoms with Gasteiger partial charge in [0, 0.05) is 31.5 Å². The van der Waals surface area contributed by atoms with E-state index in [1.165, 1.54) is 0 Å². The van der Waals surface area contributed by atoms with Crippen molar-refractivity contribution in [3.63, 3.8) is 0 Å². The number of methoxy groups -OCH3 is 1. The SMILES string of the molecule is COc1nccnc1N1CCOC2(CCN(C(=O)Cc3cc(C)no3)C2)C1. The largest absolute Gasteiger partial charge is 0.478 e. The molecule has 0 saturated carbocycles. The molecule has 2 fully saturated rings. The molecule has 0 radical (unpaired) electrons. The Morgan fingerprint density at radius 2 is 2.15 bits per heavy atom. The fourth-order valence-electron chi connectivity index (χ4n) is 3.77. The first-order valence-electron chi connectivity index (χ1n) is 9.02. The highest BCUT2D eigenvalue weighted by Gasteiger charge is 2.45. The van der Waals surface area contributed by atoms with Crippen molar-refractivity contribution >= 4 is 11.7 Å². The van der Waals surface area contributed by atoms with Gasteiger partial charge < -0.3 is 23.8 Å². The Labute approximate surface area is 157 Å². The molecule has 0 N–H and O–H groups in total. The second kappa shape index (κ2) is 7.15. The second-order valence-electron chi connectivity index (χ2n) is 7.02. The van der Waals surface area contributed by atoms with E-state index in [1.807, 2.05) is 11.8 Å². The van der Waals surface area contributed by atoms with Gasteiger partial charge in [-0.1, -0.05) is 5.16 Å². The molecule has 1 spiro atoms. The maximum atomic E-state index is 12.6. The topological polar surface area (TPSA) is 93.8 Å². The van der Waals surface area contributed by atoms with E-state index in [0.29, 0.717) is 50.2 Å². The Bertz CT molecular complexity index is 826. The van der Waals surface area contributed by atoms with Crippen LogP contribution in [0.1, 0.15) is 17.9 Å². The molecule has 2 aromatic rings. The zero-order valence-electron chi connectivity index (χ0n) is 15.6. The molecule has 4 heterocycles. The smallest absolute Gasteiger partial charge is 0.257 e. The van der Waals surface area contributed by atoms with Crippen LogP contribution in [0.15, 0.2) is 23.0 Å².